The Balaban J connectivity index is 0.000000202. The van der Waals surface area contributed by atoms with Gasteiger partial charge in [-0.15, -0.1) is 10.2 Å². The fourth-order valence-corrected chi connectivity index (χ4v) is 8.80. The van der Waals surface area contributed by atoms with E-state index >= 15 is 0 Å². The second-order valence-corrected chi connectivity index (χ2v) is 19.3. The molecular weight excluding hydrogens is 1130 g/mol. The van der Waals surface area contributed by atoms with Crippen molar-refractivity contribution < 1.29 is 39.0 Å². The summed E-state index contributed by atoms with van der Waals surface area (Å²) in [5.41, 5.74) is 11.8. The van der Waals surface area contributed by atoms with E-state index in [2.05, 4.69) is 62.3 Å². The highest BCUT2D eigenvalue weighted by molar-refractivity contribution is 7.71. The Labute approximate surface area is 480 Å². The molecule has 0 saturated heterocycles. The van der Waals surface area contributed by atoms with Gasteiger partial charge < -0.3 is 53.6 Å². The molecule has 4 heterocycles. The first-order valence-electron chi connectivity index (χ1n) is 24.8. The quantitative estimate of drug-likeness (QED) is 0.0431. The molecule has 424 valence electrons. The molecule has 84 heavy (non-hydrogen) atoms. The molecule has 4 aromatic heterocycles. The molecule has 14 N–H and O–H groups in total. The lowest BCUT2D eigenvalue weighted by atomic mass is 10.1. The Morgan fingerprint density at radius 1 is 0.536 bits per heavy atom. The molecule has 0 aliphatic heterocycles. The van der Waals surface area contributed by atoms with Gasteiger partial charge in [-0.3, -0.25) is 38.4 Å². The summed E-state index contributed by atoms with van der Waals surface area (Å²) in [4.78, 5) is 130. The number of nitrogen functional groups attached to an aromatic ring is 2. The molecule has 4 amide bonds. The van der Waals surface area contributed by atoms with Crippen LogP contribution >= 0.6 is 24.4 Å². The van der Waals surface area contributed by atoms with E-state index in [4.69, 9.17) is 46.1 Å². The number of nitrogens with zero attached hydrogens (tertiary/aromatic N) is 6. The lowest BCUT2D eigenvalue weighted by Crippen LogP contribution is -2.36. The van der Waals surface area contributed by atoms with Crippen molar-refractivity contribution in [2.24, 2.45) is 0 Å². The molecule has 0 radical (unpaired) electrons. The molecule has 6 aromatic carbocycles. The average molecular weight is 1170 g/mol. The number of fused-ring (bicyclic) bond motifs is 2. The number of rotatable bonds is 18. The van der Waals surface area contributed by atoms with E-state index in [1.165, 1.54) is 45.2 Å². The first kappa shape index (κ1) is 57.3. The van der Waals surface area contributed by atoms with E-state index in [0.29, 0.717) is 33.6 Å². The largest absolute Gasteiger partial charge is 0.478 e. The van der Waals surface area contributed by atoms with Crippen LogP contribution in [0.2, 0.25) is 0 Å². The van der Waals surface area contributed by atoms with Crippen LogP contribution in [0, 0.1) is 9.54 Å². The summed E-state index contributed by atoms with van der Waals surface area (Å²) in [6, 6.07) is 27.2. The van der Waals surface area contributed by atoms with Gasteiger partial charge in [0.25, 0.3) is 56.9 Å². The van der Waals surface area contributed by atoms with E-state index in [9.17, 15) is 47.9 Å². The molecule has 10 rings (SSSR count). The van der Waals surface area contributed by atoms with Gasteiger partial charge in [0.15, 0.2) is 0 Å². The third kappa shape index (κ3) is 12.0. The number of aromatic carboxylic acids is 2. The topological polar surface area (TPSA) is 427 Å². The van der Waals surface area contributed by atoms with Crippen LogP contribution in [0.1, 0.15) is 111 Å². The molecule has 0 aliphatic carbocycles. The number of carbonyl (C=O) groups is 6. The van der Waals surface area contributed by atoms with Gasteiger partial charge in [-0.1, -0.05) is 48.5 Å². The van der Waals surface area contributed by atoms with Gasteiger partial charge >= 0.3 is 11.9 Å². The van der Waals surface area contributed by atoms with Crippen LogP contribution in [0.15, 0.2) is 128 Å². The Bertz CT molecular complexity index is 4590. The fraction of sp³-hybridized carbons (Fsp3) is 0.111. The Morgan fingerprint density at radius 2 is 0.929 bits per heavy atom. The molecule has 28 nitrogen and oxygen atoms in total. The molecule has 2 atom stereocenters. The van der Waals surface area contributed by atoms with Crippen LogP contribution in [0.3, 0.4) is 0 Å². The van der Waals surface area contributed by atoms with E-state index in [1.807, 2.05) is 0 Å². The van der Waals surface area contributed by atoms with Gasteiger partial charge in [-0.25, -0.2) is 38.6 Å². The predicted octanol–water partition coefficient (Wildman–Crippen LogP) is 3.66. The van der Waals surface area contributed by atoms with Crippen LogP contribution in [0.5, 0.6) is 0 Å². The minimum atomic E-state index is -1.06. The van der Waals surface area contributed by atoms with Crippen molar-refractivity contribution in [3.63, 3.8) is 0 Å². The number of aromatic nitrogens is 8. The Morgan fingerprint density at radius 3 is 1.35 bits per heavy atom. The van der Waals surface area contributed by atoms with Crippen molar-refractivity contribution in [1.82, 2.24) is 60.4 Å². The number of nitrogens with one attached hydrogen (secondary N) is 8. The number of carboxylic acid groups (broad SMARTS) is 2. The zero-order valence-electron chi connectivity index (χ0n) is 43.6. The summed E-state index contributed by atoms with van der Waals surface area (Å²) in [5.74, 6) is -4.44. The van der Waals surface area contributed by atoms with Crippen molar-refractivity contribution in [3.8, 4) is 0 Å². The van der Waals surface area contributed by atoms with E-state index in [0.717, 1.165) is 0 Å². The molecule has 10 aromatic rings. The Kier molecular flexibility index (Phi) is 16.2. The molecule has 0 fully saturated rings. The van der Waals surface area contributed by atoms with Gasteiger partial charge in [0.05, 0.1) is 23.2 Å². The number of carboxylic acids is 2. The molecule has 0 unspecified atom stereocenters. The lowest BCUT2D eigenvalue weighted by Gasteiger charge is -2.15. The monoisotopic (exact) mass is 1170 g/mol. The normalized spacial score (nSPS) is 11.7. The zero-order chi connectivity index (χ0) is 60.3. The Hall–Kier alpha value is -11.4. The first-order valence-corrected chi connectivity index (χ1v) is 25.6. The number of aromatic amines is 2. The number of anilines is 6. The molecule has 0 aliphatic rings. The fourth-order valence-electron chi connectivity index (χ4n) is 8.35. The van der Waals surface area contributed by atoms with Crippen molar-refractivity contribution in [2.75, 3.05) is 22.1 Å². The zero-order valence-corrected chi connectivity index (χ0v) is 45.2. The SMILES string of the molecule is C[C@H](NC(=O)c1cc(C(=O)NCc2cccc(Nc3c(N)c(=O)c3=O)c2)n2c(=S)[nH]nc2n1)c1ccc(C(=O)O)cc1.C[C@H](NC(=O)c1cc(C(=O)NCc2cccc(Nc3c(N)c(=O)c3=O)c2)nc2n[nH]c(=S)n12)c1ccc(C(=O)O)cc1. The van der Waals surface area contributed by atoms with Gasteiger partial charge in [0.2, 0.25) is 9.54 Å². The van der Waals surface area contributed by atoms with Crippen LogP contribution in [0.25, 0.3) is 11.6 Å². The first-order chi connectivity index (χ1) is 40.1. The number of hydrogen-bond donors (Lipinski definition) is 12. The standard InChI is InChI=1S/2C27H22N8O6S/c1-12(14-5-7-15(8-6-14)25(40)41)30-23(38)17-10-18(35-26(32-17)33-34-27(35)42)24(39)29-11-13-3-2-4-16(9-13)31-20-19(28)21(36)22(20)37;1-12(14-5-7-15(8-6-14)25(40)41)30-24(39)18-10-17(32-26-33-34-27(42)35(18)26)23(38)29-11-13-3-2-4-16(9-13)31-20-19(28)21(36)22(20)37/h2-10,12,31H,11,28H2,1H3,(H,29,39)(H,30,38)(H,34,42)(H,40,41);2-10,12,31H,11,28H2,1H3,(H,29,38)(H,30,39)(H,34,42)(H,40,41)/t2*12-/m00/s1. The highest BCUT2D eigenvalue weighted by Gasteiger charge is 2.24. The molecule has 30 heteroatoms. The molecule has 0 saturated carbocycles. The summed E-state index contributed by atoms with van der Waals surface area (Å²) < 4.78 is 2.78. The summed E-state index contributed by atoms with van der Waals surface area (Å²) in [5, 5.41) is 48.0. The number of amides is 4. The molecular formula is C54H44N16O12S2. The summed E-state index contributed by atoms with van der Waals surface area (Å²) in [6.07, 6.45) is 0. The molecule has 0 spiro atoms. The second-order valence-electron chi connectivity index (χ2n) is 18.5. The van der Waals surface area contributed by atoms with Crippen molar-refractivity contribution in [3.05, 3.63) is 216 Å². The van der Waals surface area contributed by atoms with Gasteiger partial charge in [-0.2, -0.15) is 0 Å². The maximum atomic E-state index is 13.3. The molecule has 0 bridgehead atoms. The number of nitrogens with two attached hydrogens (primary N) is 2. The van der Waals surface area contributed by atoms with Crippen molar-refractivity contribution >= 4 is 106 Å². The third-order valence-electron chi connectivity index (χ3n) is 12.9. The van der Waals surface area contributed by atoms with Crippen LogP contribution in [-0.4, -0.2) is 84.9 Å². The maximum absolute atomic E-state index is 13.3. The van der Waals surface area contributed by atoms with E-state index < -0.39 is 69.4 Å². The second kappa shape index (κ2) is 23.7. The number of carbonyl (C=O) groups excluding carboxylic acids is 4. The van der Waals surface area contributed by atoms with Gasteiger partial charge in [0.1, 0.15) is 45.5 Å². The van der Waals surface area contributed by atoms with Crippen LogP contribution in [-0.2, 0) is 13.1 Å². The lowest BCUT2D eigenvalue weighted by molar-refractivity contribution is 0.0686. The maximum Gasteiger partial charge on any atom is 0.335 e. The van der Waals surface area contributed by atoms with Crippen molar-refractivity contribution in [1.29, 1.82) is 0 Å². The minimum absolute atomic E-state index is 0.00744. The number of benzene rings is 4. The summed E-state index contributed by atoms with van der Waals surface area (Å²) in [6.45, 7) is 3.58. The van der Waals surface area contributed by atoms with Crippen molar-refractivity contribution in [2.45, 2.75) is 39.0 Å². The third-order valence-corrected chi connectivity index (χ3v) is 13.5. The average Bonchev–Trinajstić information content (AvgIpc) is 3.57. The minimum Gasteiger partial charge on any atom is -0.478 e. The van der Waals surface area contributed by atoms with Gasteiger partial charge in [0, 0.05) is 24.5 Å². The highest BCUT2D eigenvalue weighted by Crippen LogP contribution is 2.22. The highest BCUT2D eigenvalue weighted by atomic mass is 32.1. The number of H-pyrrole nitrogens is 2. The number of hydrogen-bond acceptors (Lipinski definition) is 20. The summed E-state index contributed by atoms with van der Waals surface area (Å²) >= 11 is 10.5. The van der Waals surface area contributed by atoms with Crippen LogP contribution < -0.4 is 65.1 Å². The predicted molar refractivity (Wildman–Crippen MR) is 308 cm³/mol. The van der Waals surface area contributed by atoms with Gasteiger partial charge in [-0.05, 0) is 121 Å². The van der Waals surface area contributed by atoms with E-state index in [-0.39, 0.29) is 90.8 Å². The summed E-state index contributed by atoms with van der Waals surface area (Å²) in [7, 11) is 0. The smallest absolute Gasteiger partial charge is 0.335 e. The van der Waals surface area contributed by atoms with E-state index in [1.54, 1.807) is 86.6 Å². The van der Waals surface area contributed by atoms with Crippen LogP contribution in [0.4, 0.5) is 34.1 Å².